The average molecular weight is 226 g/mol. The molecule has 0 radical (unpaired) electrons. The van der Waals surface area contributed by atoms with Crippen LogP contribution in [0.25, 0.3) is 10.8 Å². The van der Waals surface area contributed by atoms with Crippen LogP contribution in [0.4, 0.5) is 0 Å². The lowest BCUT2D eigenvalue weighted by Gasteiger charge is -2.34. The minimum absolute atomic E-state index is 0.461. The van der Waals surface area contributed by atoms with E-state index in [0.717, 1.165) is 5.92 Å². The first-order chi connectivity index (χ1) is 8.40. The molecule has 1 aromatic heterocycles. The quantitative estimate of drug-likeness (QED) is 0.868. The van der Waals surface area contributed by atoms with Gasteiger partial charge in [-0.25, -0.2) is 0 Å². The van der Waals surface area contributed by atoms with E-state index in [4.69, 9.17) is 0 Å². The van der Waals surface area contributed by atoms with E-state index in [9.17, 15) is 0 Å². The smallest absolute Gasteiger partial charge is 0.0367 e. The van der Waals surface area contributed by atoms with Crippen LogP contribution in [-0.2, 0) is 0 Å². The van der Waals surface area contributed by atoms with Crippen LogP contribution in [0, 0.1) is 5.92 Å². The van der Waals surface area contributed by atoms with Gasteiger partial charge in [-0.05, 0) is 36.8 Å². The maximum Gasteiger partial charge on any atom is 0.0367 e. The Morgan fingerprint density at radius 1 is 1.24 bits per heavy atom. The summed E-state index contributed by atoms with van der Waals surface area (Å²) in [6, 6.07) is 8.99. The second-order valence-corrected chi connectivity index (χ2v) is 4.91. The third kappa shape index (κ3) is 1.83. The molecule has 1 fully saturated rings. The fourth-order valence-electron chi connectivity index (χ4n) is 2.81. The lowest BCUT2D eigenvalue weighted by molar-refractivity contribution is 0.240. The van der Waals surface area contributed by atoms with Crippen LogP contribution < -0.4 is 5.32 Å². The van der Waals surface area contributed by atoms with E-state index in [1.807, 2.05) is 12.4 Å². The lowest BCUT2D eigenvalue weighted by Crippen LogP contribution is -2.30. The molecule has 1 aromatic carbocycles. The fourth-order valence-corrected chi connectivity index (χ4v) is 2.81. The lowest BCUT2D eigenvalue weighted by atomic mass is 9.77. The molecule has 3 rings (SSSR count). The van der Waals surface area contributed by atoms with E-state index in [0.29, 0.717) is 6.04 Å². The van der Waals surface area contributed by atoms with Crippen molar-refractivity contribution in [2.45, 2.75) is 25.3 Å². The second kappa shape index (κ2) is 4.46. The number of nitrogens with one attached hydrogen (secondary N) is 1. The highest BCUT2D eigenvalue weighted by Gasteiger charge is 2.28. The van der Waals surface area contributed by atoms with E-state index in [1.54, 1.807) is 0 Å². The van der Waals surface area contributed by atoms with Gasteiger partial charge in [-0.1, -0.05) is 30.7 Å². The molecule has 1 heterocycles. The minimum Gasteiger partial charge on any atom is -0.313 e. The molecule has 1 saturated carbocycles. The summed E-state index contributed by atoms with van der Waals surface area (Å²) >= 11 is 0. The van der Waals surface area contributed by atoms with Crippen LogP contribution in [0.15, 0.2) is 36.7 Å². The van der Waals surface area contributed by atoms with Gasteiger partial charge in [-0.15, -0.1) is 0 Å². The SMILES string of the molecule is CNC(c1cncc2ccccc12)C1CCC1. The molecule has 1 aliphatic rings. The Bertz CT molecular complexity index is 512. The summed E-state index contributed by atoms with van der Waals surface area (Å²) in [6.07, 6.45) is 8.04. The van der Waals surface area contributed by atoms with Crippen LogP contribution in [0.3, 0.4) is 0 Å². The van der Waals surface area contributed by atoms with Gasteiger partial charge in [0.25, 0.3) is 0 Å². The summed E-state index contributed by atoms with van der Waals surface area (Å²) in [5.41, 5.74) is 1.36. The summed E-state index contributed by atoms with van der Waals surface area (Å²) in [5.74, 6) is 0.785. The Kier molecular flexibility index (Phi) is 2.81. The maximum absolute atomic E-state index is 4.38. The van der Waals surface area contributed by atoms with E-state index >= 15 is 0 Å². The van der Waals surface area contributed by atoms with Crippen molar-refractivity contribution in [1.29, 1.82) is 0 Å². The number of pyridine rings is 1. The summed E-state index contributed by atoms with van der Waals surface area (Å²) in [6.45, 7) is 0. The van der Waals surface area contributed by atoms with Gasteiger partial charge < -0.3 is 5.32 Å². The van der Waals surface area contributed by atoms with E-state index in [1.165, 1.54) is 35.6 Å². The number of fused-ring (bicyclic) bond motifs is 1. The van der Waals surface area contributed by atoms with Crippen molar-refractivity contribution in [1.82, 2.24) is 10.3 Å². The van der Waals surface area contributed by atoms with E-state index in [2.05, 4.69) is 41.6 Å². The molecule has 0 aliphatic heterocycles. The summed E-state index contributed by atoms with van der Waals surface area (Å²) < 4.78 is 0. The Hall–Kier alpha value is -1.41. The van der Waals surface area contributed by atoms with Gasteiger partial charge in [-0.2, -0.15) is 0 Å². The number of hydrogen-bond donors (Lipinski definition) is 1. The topological polar surface area (TPSA) is 24.9 Å². The number of nitrogens with zero attached hydrogens (tertiary/aromatic N) is 1. The maximum atomic E-state index is 4.38. The Balaban J connectivity index is 2.08. The Labute approximate surface area is 102 Å². The molecule has 2 nitrogen and oxygen atoms in total. The highest BCUT2D eigenvalue weighted by atomic mass is 14.9. The molecule has 1 atom stereocenters. The summed E-state index contributed by atoms with van der Waals surface area (Å²) in [4.78, 5) is 4.38. The molecule has 17 heavy (non-hydrogen) atoms. The van der Waals surface area contributed by atoms with Crippen LogP contribution in [0.5, 0.6) is 0 Å². The minimum atomic E-state index is 0.461. The monoisotopic (exact) mass is 226 g/mol. The molecule has 0 amide bonds. The molecule has 2 heteroatoms. The third-order valence-electron chi connectivity index (χ3n) is 3.97. The standard InChI is InChI=1S/C15H18N2/c1-16-15(11-6-4-7-11)14-10-17-9-12-5-2-3-8-13(12)14/h2-3,5,8-11,15-16H,4,6-7H2,1H3. The molecular formula is C15H18N2. The number of rotatable bonds is 3. The zero-order valence-corrected chi connectivity index (χ0v) is 10.2. The van der Waals surface area contributed by atoms with Crippen molar-refractivity contribution in [3.63, 3.8) is 0 Å². The third-order valence-corrected chi connectivity index (χ3v) is 3.97. The van der Waals surface area contributed by atoms with Crippen molar-refractivity contribution in [2.24, 2.45) is 5.92 Å². The van der Waals surface area contributed by atoms with E-state index < -0.39 is 0 Å². The van der Waals surface area contributed by atoms with Gasteiger partial charge in [0.2, 0.25) is 0 Å². The van der Waals surface area contributed by atoms with Gasteiger partial charge >= 0.3 is 0 Å². The van der Waals surface area contributed by atoms with Crippen LogP contribution in [-0.4, -0.2) is 12.0 Å². The Morgan fingerprint density at radius 3 is 2.76 bits per heavy atom. The van der Waals surface area contributed by atoms with Crippen LogP contribution in [0.2, 0.25) is 0 Å². The Morgan fingerprint density at radius 2 is 2.06 bits per heavy atom. The van der Waals surface area contributed by atoms with Crippen molar-refractivity contribution in [3.05, 3.63) is 42.2 Å². The number of benzene rings is 1. The van der Waals surface area contributed by atoms with Gasteiger partial charge in [0.15, 0.2) is 0 Å². The van der Waals surface area contributed by atoms with Crippen molar-refractivity contribution < 1.29 is 0 Å². The van der Waals surface area contributed by atoms with Gasteiger partial charge in [-0.3, -0.25) is 4.98 Å². The molecular weight excluding hydrogens is 208 g/mol. The molecule has 1 N–H and O–H groups in total. The largest absolute Gasteiger partial charge is 0.313 e. The number of aromatic nitrogens is 1. The van der Waals surface area contributed by atoms with Crippen molar-refractivity contribution >= 4 is 10.8 Å². The first kappa shape index (κ1) is 10.7. The molecule has 1 unspecified atom stereocenters. The van der Waals surface area contributed by atoms with Gasteiger partial charge in [0, 0.05) is 23.8 Å². The van der Waals surface area contributed by atoms with Crippen molar-refractivity contribution in [3.8, 4) is 0 Å². The predicted octanol–water partition coefficient (Wildman–Crippen LogP) is 3.30. The van der Waals surface area contributed by atoms with E-state index in [-0.39, 0.29) is 0 Å². The van der Waals surface area contributed by atoms with Crippen LogP contribution >= 0.6 is 0 Å². The normalized spacial score (nSPS) is 17.9. The fraction of sp³-hybridized carbons (Fsp3) is 0.400. The first-order valence-electron chi connectivity index (χ1n) is 6.40. The molecule has 1 aliphatic carbocycles. The highest BCUT2D eigenvalue weighted by molar-refractivity contribution is 5.85. The van der Waals surface area contributed by atoms with Gasteiger partial charge in [0.1, 0.15) is 0 Å². The molecule has 0 bridgehead atoms. The summed E-state index contributed by atoms with van der Waals surface area (Å²) in [5, 5.41) is 6.05. The molecule has 2 aromatic rings. The number of hydrogen-bond acceptors (Lipinski definition) is 2. The first-order valence-corrected chi connectivity index (χ1v) is 6.40. The van der Waals surface area contributed by atoms with Gasteiger partial charge in [0.05, 0.1) is 0 Å². The van der Waals surface area contributed by atoms with Crippen LogP contribution in [0.1, 0.15) is 30.9 Å². The van der Waals surface area contributed by atoms with Crippen molar-refractivity contribution in [2.75, 3.05) is 7.05 Å². The highest BCUT2D eigenvalue weighted by Crippen LogP contribution is 2.39. The zero-order valence-electron chi connectivity index (χ0n) is 10.2. The molecule has 0 saturated heterocycles. The molecule has 0 spiro atoms. The zero-order chi connectivity index (χ0) is 11.7. The second-order valence-electron chi connectivity index (χ2n) is 4.91. The average Bonchev–Trinajstić information content (AvgIpc) is 2.33. The molecule has 88 valence electrons. The summed E-state index contributed by atoms with van der Waals surface area (Å²) in [7, 11) is 2.06. The predicted molar refractivity (Wildman–Crippen MR) is 70.9 cm³/mol.